The predicted octanol–water partition coefficient (Wildman–Crippen LogP) is 3.93. The van der Waals surface area contributed by atoms with Crippen LogP contribution in [0.15, 0.2) is 30.7 Å². The fourth-order valence-corrected chi connectivity index (χ4v) is 2.57. The number of pyridine rings is 1. The van der Waals surface area contributed by atoms with Gasteiger partial charge in [0, 0.05) is 34.4 Å². The number of benzene rings is 1. The summed E-state index contributed by atoms with van der Waals surface area (Å²) < 4.78 is 26.6. The first-order valence-electron chi connectivity index (χ1n) is 6.56. The number of hydrogen-bond acceptors (Lipinski definition) is 3. The van der Waals surface area contributed by atoms with Crippen LogP contribution >= 0.6 is 0 Å². The summed E-state index contributed by atoms with van der Waals surface area (Å²) >= 11 is 0. The number of nitrogens with one attached hydrogen (secondary N) is 1. The Morgan fingerprint density at radius 2 is 2.05 bits per heavy atom. The van der Waals surface area contributed by atoms with Gasteiger partial charge in [-0.05, 0) is 24.6 Å². The minimum Gasteiger partial charge on any atom is -0.397 e. The lowest BCUT2D eigenvalue weighted by molar-refractivity contribution is 0.153. The van der Waals surface area contributed by atoms with Gasteiger partial charge in [0.05, 0.1) is 29.1 Å². The third-order valence-electron chi connectivity index (χ3n) is 3.67. The number of hydrogen-bond donors (Lipinski definition) is 2. The number of H-pyrrole nitrogens is 1. The molecule has 0 aliphatic heterocycles. The smallest absolute Gasteiger partial charge is 0.266 e. The number of aromatic nitrogens is 2. The van der Waals surface area contributed by atoms with Crippen molar-refractivity contribution in [3.8, 4) is 17.2 Å². The number of rotatable bonds is 2. The maximum atomic E-state index is 13.3. The van der Waals surface area contributed by atoms with Crippen LogP contribution in [0.5, 0.6) is 0 Å². The van der Waals surface area contributed by atoms with Crippen molar-refractivity contribution in [1.29, 1.82) is 5.26 Å². The zero-order valence-electron chi connectivity index (χ0n) is 11.7. The number of anilines is 1. The molecule has 0 saturated heterocycles. The van der Waals surface area contributed by atoms with E-state index in [-0.39, 0.29) is 16.8 Å². The van der Waals surface area contributed by atoms with E-state index < -0.39 is 6.43 Å². The van der Waals surface area contributed by atoms with Crippen LogP contribution in [0.4, 0.5) is 14.5 Å². The molecule has 0 aliphatic carbocycles. The van der Waals surface area contributed by atoms with Gasteiger partial charge in [0.25, 0.3) is 6.43 Å². The summed E-state index contributed by atoms with van der Waals surface area (Å²) in [4.78, 5) is 6.95. The van der Waals surface area contributed by atoms with Crippen LogP contribution in [0, 0.1) is 18.3 Å². The fourth-order valence-electron chi connectivity index (χ4n) is 2.57. The number of nitrogens with zero attached hydrogens (tertiary/aromatic N) is 2. The maximum absolute atomic E-state index is 13.3. The average molecular weight is 298 g/mol. The van der Waals surface area contributed by atoms with E-state index in [1.54, 1.807) is 12.3 Å². The molecular weight excluding hydrogens is 286 g/mol. The van der Waals surface area contributed by atoms with E-state index in [2.05, 4.69) is 16.0 Å². The molecular formula is C16H12F2N4. The van der Waals surface area contributed by atoms with Gasteiger partial charge in [-0.2, -0.15) is 5.26 Å². The first-order chi connectivity index (χ1) is 10.5. The number of nitriles is 1. The molecule has 0 fully saturated rings. The standard InChI is InChI=1S/C16H12F2N4/c1-8-2-14-10(3-9(8)4-19)11(6-22-14)12-5-21-7-13(20)15(12)16(17)18/h2-3,5-7,16,22H,20H2,1H3. The van der Waals surface area contributed by atoms with Gasteiger partial charge in [-0.1, -0.05) is 0 Å². The molecule has 6 heteroatoms. The Balaban J connectivity index is 2.33. The van der Waals surface area contributed by atoms with Crippen LogP contribution in [-0.4, -0.2) is 9.97 Å². The van der Waals surface area contributed by atoms with Crippen LogP contribution in [0.1, 0.15) is 23.1 Å². The molecule has 2 heterocycles. The first-order valence-corrected chi connectivity index (χ1v) is 6.56. The zero-order valence-corrected chi connectivity index (χ0v) is 11.7. The second-order valence-electron chi connectivity index (χ2n) is 5.02. The molecule has 110 valence electrons. The zero-order chi connectivity index (χ0) is 15.9. The van der Waals surface area contributed by atoms with E-state index in [9.17, 15) is 8.78 Å². The molecule has 0 atom stereocenters. The summed E-state index contributed by atoms with van der Waals surface area (Å²) in [5, 5.41) is 9.84. The number of nitrogens with two attached hydrogens (primary N) is 1. The van der Waals surface area contributed by atoms with Crippen LogP contribution in [0.2, 0.25) is 0 Å². The molecule has 3 aromatic rings. The molecule has 0 unspecified atom stereocenters. The molecule has 1 aromatic carbocycles. The third-order valence-corrected chi connectivity index (χ3v) is 3.67. The van der Waals surface area contributed by atoms with Crippen LogP contribution < -0.4 is 5.73 Å². The van der Waals surface area contributed by atoms with E-state index in [1.165, 1.54) is 12.4 Å². The van der Waals surface area contributed by atoms with Gasteiger partial charge in [-0.15, -0.1) is 0 Å². The summed E-state index contributed by atoms with van der Waals surface area (Å²) in [5.41, 5.74) is 8.29. The molecule has 22 heavy (non-hydrogen) atoms. The van der Waals surface area contributed by atoms with Crippen LogP contribution in [0.25, 0.3) is 22.0 Å². The molecule has 0 amide bonds. The second kappa shape index (κ2) is 5.11. The molecule has 4 nitrogen and oxygen atoms in total. The van der Waals surface area contributed by atoms with E-state index in [0.717, 1.165) is 11.1 Å². The average Bonchev–Trinajstić information content (AvgIpc) is 2.88. The Morgan fingerprint density at radius 3 is 2.73 bits per heavy atom. The monoisotopic (exact) mass is 298 g/mol. The van der Waals surface area contributed by atoms with Gasteiger partial charge >= 0.3 is 0 Å². The topological polar surface area (TPSA) is 78.5 Å². The van der Waals surface area contributed by atoms with E-state index >= 15 is 0 Å². The number of fused-ring (bicyclic) bond motifs is 1. The Labute approximate surface area is 125 Å². The Kier molecular flexibility index (Phi) is 3.26. The fraction of sp³-hybridized carbons (Fsp3) is 0.125. The van der Waals surface area contributed by atoms with Crippen molar-refractivity contribution in [1.82, 2.24) is 9.97 Å². The summed E-state index contributed by atoms with van der Waals surface area (Å²) in [7, 11) is 0. The summed E-state index contributed by atoms with van der Waals surface area (Å²) in [6, 6.07) is 5.61. The van der Waals surface area contributed by atoms with Gasteiger partial charge in [0.2, 0.25) is 0 Å². The molecule has 3 rings (SSSR count). The lowest BCUT2D eigenvalue weighted by Gasteiger charge is -2.10. The summed E-state index contributed by atoms with van der Waals surface area (Å²) in [6.07, 6.45) is 1.51. The SMILES string of the molecule is Cc1cc2[nH]cc(-c3cncc(N)c3C(F)F)c2cc1C#N. The predicted molar refractivity (Wildman–Crippen MR) is 80.4 cm³/mol. The lowest BCUT2D eigenvalue weighted by Crippen LogP contribution is -1.99. The van der Waals surface area contributed by atoms with Crippen molar-refractivity contribution in [3.05, 3.63) is 47.4 Å². The van der Waals surface area contributed by atoms with Crippen molar-refractivity contribution in [2.24, 2.45) is 0 Å². The number of alkyl halides is 2. The number of aromatic amines is 1. The van der Waals surface area contributed by atoms with Crippen LogP contribution in [-0.2, 0) is 0 Å². The molecule has 0 radical (unpaired) electrons. The van der Waals surface area contributed by atoms with Crippen molar-refractivity contribution in [2.45, 2.75) is 13.3 Å². The highest BCUT2D eigenvalue weighted by Crippen LogP contribution is 2.38. The van der Waals surface area contributed by atoms with Gasteiger partial charge in [0.15, 0.2) is 0 Å². The van der Waals surface area contributed by atoms with Gasteiger partial charge in [-0.25, -0.2) is 8.78 Å². The highest BCUT2D eigenvalue weighted by atomic mass is 19.3. The Hall–Kier alpha value is -2.94. The highest BCUT2D eigenvalue weighted by Gasteiger charge is 2.20. The summed E-state index contributed by atoms with van der Waals surface area (Å²) in [5.74, 6) is 0. The highest BCUT2D eigenvalue weighted by molar-refractivity contribution is 5.98. The minimum atomic E-state index is -2.70. The van der Waals surface area contributed by atoms with Gasteiger partial charge < -0.3 is 10.7 Å². The second-order valence-corrected chi connectivity index (χ2v) is 5.02. The number of nitrogen functional groups attached to an aromatic ring is 1. The van der Waals surface area contributed by atoms with Gasteiger partial charge in [-0.3, -0.25) is 4.98 Å². The molecule has 0 spiro atoms. The molecule has 2 aromatic heterocycles. The van der Waals surface area contributed by atoms with Crippen molar-refractivity contribution >= 4 is 16.6 Å². The summed E-state index contributed by atoms with van der Waals surface area (Å²) in [6.45, 7) is 1.82. The number of halogens is 2. The lowest BCUT2D eigenvalue weighted by atomic mass is 9.98. The van der Waals surface area contributed by atoms with Crippen molar-refractivity contribution in [2.75, 3.05) is 5.73 Å². The maximum Gasteiger partial charge on any atom is 0.266 e. The van der Waals surface area contributed by atoms with Gasteiger partial charge in [0.1, 0.15) is 0 Å². The van der Waals surface area contributed by atoms with Crippen molar-refractivity contribution < 1.29 is 8.78 Å². The van der Waals surface area contributed by atoms with E-state index in [0.29, 0.717) is 16.5 Å². The molecule has 0 aliphatic rings. The quantitative estimate of drug-likeness (QED) is 0.752. The molecule has 0 saturated carbocycles. The normalized spacial score (nSPS) is 11.0. The molecule has 0 bridgehead atoms. The molecule has 3 N–H and O–H groups in total. The van der Waals surface area contributed by atoms with E-state index in [4.69, 9.17) is 11.0 Å². The largest absolute Gasteiger partial charge is 0.397 e. The Bertz CT molecular complexity index is 906. The van der Waals surface area contributed by atoms with E-state index in [1.807, 2.05) is 13.0 Å². The first kappa shape index (κ1) is 14.0. The minimum absolute atomic E-state index is 0.0468. The van der Waals surface area contributed by atoms with Crippen LogP contribution in [0.3, 0.4) is 0 Å². The van der Waals surface area contributed by atoms with Crippen molar-refractivity contribution in [3.63, 3.8) is 0 Å². The Morgan fingerprint density at radius 1 is 1.27 bits per heavy atom. The number of aryl methyl sites for hydroxylation is 1. The third kappa shape index (κ3) is 2.07.